The molecule has 2 aliphatic carbocycles. The molecule has 1 saturated heterocycles. The van der Waals surface area contributed by atoms with Gasteiger partial charge in [-0.05, 0) is 74.0 Å². The Labute approximate surface area is 180 Å². The molecule has 5 N–H and O–H groups in total. The molecule has 2 saturated carbocycles. The molecule has 0 radical (unpaired) electrons. The van der Waals surface area contributed by atoms with Gasteiger partial charge in [0.05, 0.1) is 0 Å². The largest absolute Gasteiger partial charge is 0.480 e. The summed E-state index contributed by atoms with van der Waals surface area (Å²) in [6.07, 6.45) is 6.67. The van der Waals surface area contributed by atoms with Crippen LogP contribution < -0.4 is 16.4 Å². The Balaban J connectivity index is 0.000000216. The molecular formula is C23H41N3O4. The number of urea groups is 1. The van der Waals surface area contributed by atoms with E-state index in [1.807, 2.05) is 0 Å². The smallest absolute Gasteiger partial charge is 0.323 e. The standard InChI is InChI=1S/C12H20N2O2.C11H21NO2/c1-11(2,3)8-4-6-12(7-5-8)9(15)13-10(16)14-12;1-10(2,3)8-4-6-11(12,7-5-8)9(13)14/h8H,4-7H2,1-3H3,(H2,13,14,15,16);8H,4-7,12H2,1-3H3,(H,13,14). The van der Waals surface area contributed by atoms with Gasteiger partial charge in [0.15, 0.2) is 0 Å². The molecule has 7 nitrogen and oxygen atoms in total. The van der Waals surface area contributed by atoms with Gasteiger partial charge in [-0.15, -0.1) is 0 Å². The Kier molecular flexibility index (Phi) is 6.97. The van der Waals surface area contributed by atoms with Gasteiger partial charge in [-0.3, -0.25) is 14.9 Å². The van der Waals surface area contributed by atoms with E-state index >= 15 is 0 Å². The number of carbonyl (C=O) groups is 3. The first-order valence-corrected chi connectivity index (χ1v) is 11.2. The molecule has 1 aliphatic heterocycles. The molecule has 0 bridgehead atoms. The number of carbonyl (C=O) groups excluding carboxylic acids is 2. The topological polar surface area (TPSA) is 122 Å². The van der Waals surface area contributed by atoms with Gasteiger partial charge in [0.25, 0.3) is 5.91 Å². The number of imide groups is 1. The van der Waals surface area contributed by atoms with E-state index in [1.54, 1.807) is 0 Å². The lowest BCUT2D eigenvalue weighted by Crippen LogP contribution is -2.51. The summed E-state index contributed by atoms with van der Waals surface area (Å²) in [5.74, 6) is 0.275. The second-order valence-corrected chi connectivity index (χ2v) is 11.7. The molecule has 3 fully saturated rings. The molecule has 30 heavy (non-hydrogen) atoms. The van der Waals surface area contributed by atoms with E-state index in [2.05, 4.69) is 52.2 Å². The molecule has 3 aliphatic rings. The number of hydrogen-bond donors (Lipinski definition) is 4. The highest BCUT2D eigenvalue weighted by molar-refractivity contribution is 6.07. The summed E-state index contributed by atoms with van der Waals surface area (Å²) >= 11 is 0. The third kappa shape index (κ3) is 5.54. The van der Waals surface area contributed by atoms with Crippen molar-refractivity contribution in [2.75, 3.05) is 0 Å². The highest BCUT2D eigenvalue weighted by atomic mass is 16.4. The normalized spacial score (nSPS) is 34.6. The van der Waals surface area contributed by atoms with Crippen LogP contribution in [-0.4, -0.2) is 34.1 Å². The molecular weight excluding hydrogens is 382 g/mol. The van der Waals surface area contributed by atoms with E-state index in [1.165, 1.54) is 0 Å². The van der Waals surface area contributed by atoms with E-state index in [0.717, 1.165) is 38.5 Å². The van der Waals surface area contributed by atoms with Gasteiger partial charge in [-0.1, -0.05) is 41.5 Å². The van der Waals surface area contributed by atoms with Gasteiger partial charge in [0.1, 0.15) is 11.1 Å². The van der Waals surface area contributed by atoms with Crippen LogP contribution in [0, 0.1) is 22.7 Å². The number of amides is 3. The summed E-state index contributed by atoms with van der Waals surface area (Å²) < 4.78 is 0. The van der Waals surface area contributed by atoms with Crippen LogP contribution in [0.15, 0.2) is 0 Å². The van der Waals surface area contributed by atoms with Gasteiger partial charge >= 0.3 is 12.0 Å². The quantitative estimate of drug-likeness (QED) is 0.478. The Bertz CT molecular complexity index is 659. The van der Waals surface area contributed by atoms with Crippen molar-refractivity contribution in [3.8, 4) is 0 Å². The van der Waals surface area contributed by atoms with Crippen LogP contribution in [0.4, 0.5) is 4.79 Å². The predicted molar refractivity (Wildman–Crippen MR) is 117 cm³/mol. The summed E-state index contributed by atoms with van der Waals surface area (Å²) in [4.78, 5) is 33.8. The number of hydrogen-bond acceptors (Lipinski definition) is 4. The maximum atomic E-state index is 11.7. The van der Waals surface area contributed by atoms with Crippen molar-refractivity contribution in [2.45, 2.75) is 104 Å². The van der Waals surface area contributed by atoms with E-state index in [4.69, 9.17) is 10.8 Å². The lowest BCUT2D eigenvalue weighted by Gasteiger charge is -2.40. The lowest BCUT2D eigenvalue weighted by atomic mass is 9.67. The molecule has 3 amide bonds. The lowest BCUT2D eigenvalue weighted by molar-refractivity contribution is -0.145. The second-order valence-electron chi connectivity index (χ2n) is 11.7. The highest BCUT2D eigenvalue weighted by Gasteiger charge is 2.49. The van der Waals surface area contributed by atoms with Crippen LogP contribution in [0.5, 0.6) is 0 Å². The van der Waals surface area contributed by atoms with E-state index in [-0.39, 0.29) is 17.4 Å². The van der Waals surface area contributed by atoms with Crippen molar-refractivity contribution in [3.05, 3.63) is 0 Å². The molecule has 0 aromatic heterocycles. The average molecular weight is 424 g/mol. The maximum absolute atomic E-state index is 11.7. The molecule has 0 unspecified atom stereocenters. The molecule has 0 atom stereocenters. The Hall–Kier alpha value is -1.63. The van der Waals surface area contributed by atoms with E-state index in [0.29, 0.717) is 30.1 Å². The van der Waals surface area contributed by atoms with Gasteiger partial charge in [-0.25, -0.2) is 4.79 Å². The molecule has 0 aromatic rings. The van der Waals surface area contributed by atoms with Gasteiger partial charge in [0, 0.05) is 0 Å². The number of nitrogens with one attached hydrogen (secondary N) is 2. The zero-order valence-corrected chi connectivity index (χ0v) is 19.6. The molecule has 3 rings (SSSR count). The molecule has 172 valence electrons. The summed E-state index contributed by atoms with van der Waals surface area (Å²) in [6.45, 7) is 13.3. The van der Waals surface area contributed by atoms with Gasteiger partial charge in [-0.2, -0.15) is 0 Å². The number of carboxylic acid groups (broad SMARTS) is 1. The van der Waals surface area contributed by atoms with Crippen LogP contribution in [0.1, 0.15) is 92.9 Å². The highest BCUT2D eigenvalue weighted by Crippen LogP contribution is 2.42. The fourth-order valence-corrected chi connectivity index (χ4v) is 5.07. The predicted octanol–water partition coefficient (Wildman–Crippen LogP) is 3.81. The number of rotatable bonds is 1. The van der Waals surface area contributed by atoms with Crippen LogP contribution in [0.25, 0.3) is 0 Å². The Morgan fingerprint density at radius 3 is 1.60 bits per heavy atom. The molecule has 1 heterocycles. The van der Waals surface area contributed by atoms with E-state index in [9.17, 15) is 14.4 Å². The molecule has 1 spiro atoms. The van der Waals surface area contributed by atoms with Crippen molar-refractivity contribution in [1.82, 2.24) is 10.6 Å². The van der Waals surface area contributed by atoms with Crippen molar-refractivity contribution in [2.24, 2.45) is 28.4 Å². The SMILES string of the molecule is CC(C)(C)C1CCC(N)(C(=O)O)CC1.CC(C)(C)C1CCC2(CC1)NC(=O)NC2=O. The van der Waals surface area contributed by atoms with E-state index < -0.39 is 17.0 Å². The maximum Gasteiger partial charge on any atom is 0.323 e. The summed E-state index contributed by atoms with van der Waals surface area (Å²) in [5.41, 5.74) is 4.82. The fourth-order valence-electron chi connectivity index (χ4n) is 5.07. The number of nitrogens with two attached hydrogens (primary N) is 1. The number of aliphatic carboxylic acids is 1. The first-order chi connectivity index (χ1) is 13.6. The second kappa shape index (κ2) is 8.48. The van der Waals surface area contributed by atoms with Crippen molar-refractivity contribution < 1.29 is 19.5 Å². The third-order valence-electron chi connectivity index (χ3n) is 7.61. The van der Waals surface area contributed by atoms with Crippen LogP contribution >= 0.6 is 0 Å². The van der Waals surface area contributed by atoms with Crippen molar-refractivity contribution in [1.29, 1.82) is 0 Å². The van der Waals surface area contributed by atoms with Crippen LogP contribution in [0.3, 0.4) is 0 Å². The molecule has 0 aromatic carbocycles. The van der Waals surface area contributed by atoms with Crippen molar-refractivity contribution >= 4 is 17.9 Å². The van der Waals surface area contributed by atoms with Crippen LogP contribution in [0.2, 0.25) is 0 Å². The first kappa shape index (κ1) is 24.6. The summed E-state index contributed by atoms with van der Waals surface area (Å²) in [7, 11) is 0. The minimum atomic E-state index is -0.957. The average Bonchev–Trinajstić information content (AvgIpc) is 2.87. The van der Waals surface area contributed by atoms with Gasteiger partial charge in [0.2, 0.25) is 0 Å². The van der Waals surface area contributed by atoms with Crippen molar-refractivity contribution in [3.63, 3.8) is 0 Å². The summed E-state index contributed by atoms with van der Waals surface area (Å²) in [5, 5.41) is 14.1. The van der Waals surface area contributed by atoms with Crippen LogP contribution in [-0.2, 0) is 9.59 Å². The minimum absolute atomic E-state index is 0.134. The third-order valence-corrected chi connectivity index (χ3v) is 7.61. The Morgan fingerprint density at radius 1 is 0.900 bits per heavy atom. The fraction of sp³-hybridized carbons (Fsp3) is 0.870. The Morgan fingerprint density at radius 2 is 1.30 bits per heavy atom. The minimum Gasteiger partial charge on any atom is -0.480 e. The first-order valence-electron chi connectivity index (χ1n) is 11.2. The zero-order valence-electron chi connectivity index (χ0n) is 19.6. The number of carboxylic acids is 1. The monoisotopic (exact) mass is 423 g/mol. The molecule has 7 heteroatoms. The summed E-state index contributed by atoms with van der Waals surface area (Å²) in [6, 6.07) is -0.334. The zero-order chi connectivity index (χ0) is 23.0. The van der Waals surface area contributed by atoms with Gasteiger partial charge < -0.3 is 16.2 Å².